The normalized spacial score (nSPS) is 12.7. The van der Waals surface area contributed by atoms with Crippen LogP contribution in [0.25, 0.3) is 32.8 Å². The average molecular weight is 394 g/mol. The number of fused-ring (bicyclic) bond motifs is 2. The topological polar surface area (TPSA) is 3.88 Å². The van der Waals surface area contributed by atoms with Crippen molar-refractivity contribution in [1.82, 2.24) is 0 Å². The first-order valence-electron chi connectivity index (χ1n) is 9.59. The zero-order valence-corrected chi connectivity index (χ0v) is 16.9. The Hall–Kier alpha value is -2.88. The number of aryl methyl sites for hydroxylation is 2. The van der Waals surface area contributed by atoms with E-state index >= 15 is 0 Å². The van der Waals surface area contributed by atoms with Crippen LogP contribution in [-0.2, 0) is 12.5 Å². The molecule has 0 spiro atoms. The molecule has 0 N–H and O–H groups in total. The second-order valence-corrected chi connectivity index (χ2v) is 8.16. The highest BCUT2D eigenvalue weighted by Crippen LogP contribution is 2.42. The molecule has 148 valence electrons. The lowest BCUT2D eigenvalue weighted by atomic mass is 9.82. The molecule has 0 bridgehead atoms. The van der Waals surface area contributed by atoms with Gasteiger partial charge in [0.15, 0.2) is 6.20 Å². The molecule has 0 aliphatic heterocycles. The van der Waals surface area contributed by atoms with E-state index in [1.807, 2.05) is 42.1 Å². The van der Waals surface area contributed by atoms with Crippen molar-refractivity contribution in [3.05, 3.63) is 78.0 Å². The molecule has 4 rings (SSSR count). The molecule has 1 nitrogen and oxygen atoms in total. The van der Waals surface area contributed by atoms with Gasteiger partial charge in [-0.05, 0) is 66.3 Å². The van der Waals surface area contributed by atoms with Gasteiger partial charge in [0.25, 0.3) is 0 Å². The fraction of sp³-hybridized carbons (Fsp3) is 0.240. The van der Waals surface area contributed by atoms with Gasteiger partial charge in [-0.25, -0.2) is 4.57 Å². The molecule has 0 unspecified atom stereocenters. The fourth-order valence-corrected chi connectivity index (χ4v) is 3.94. The Balaban J connectivity index is 1.97. The molecule has 0 aliphatic rings. The number of halogens is 3. The van der Waals surface area contributed by atoms with E-state index in [0.717, 1.165) is 27.6 Å². The summed E-state index contributed by atoms with van der Waals surface area (Å²) in [6.45, 7) is 4.55. The maximum atomic E-state index is 13.5. The van der Waals surface area contributed by atoms with Crippen molar-refractivity contribution in [3.8, 4) is 11.3 Å². The Morgan fingerprint density at radius 2 is 1.52 bits per heavy atom. The molecule has 1 heterocycles. The second kappa shape index (κ2) is 6.58. The van der Waals surface area contributed by atoms with Crippen molar-refractivity contribution in [2.24, 2.45) is 7.05 Å². The summed E-state index contributed by atoms with van der Waals surface area (Å²) in [7, 11) is 1.97. The van der Waals surface area contributed by atoms with Crippen LogP contribution in [0.3, 0.4) is 0 Å². The maximum absolute atomic E-state index is 13.5. The number of pyridine rings is 1. The number of hydrogen-bond acceptors (Lipinski definition) is 0. The minimum Gasteiger partial charge on any atom is -0.200 e. The summed E-state index contributed by atoms with van der Waals surface area (Å²) in [4.78, 5) is 0. The fourth-order valence-electron chi connectivity index (χ4n) is 3.94. The molecule has 0 saturated heterocycles. The van der Waals surface area contributed by atoms with Crippen LogP contribution in [0.15, 0.2) is 66.9 Å². The van der Waals surface area contributed by atoms with E-state index in [1.165, 1.54) is 24.6 Å². The average Bonchev–Trinajstić information content (AvgIpc) is 2.68. The molecule has 0 radical (unpaired) electrons. The molecule has 0 saturated carbocycles. The smallest absolute Gasteiger partial charge is 0.200 e. The Morgan fingerprint density at radius 3 is 2.24 bits per heavy atom. The van der Waals surface area contributed by atoms with E-state index in [4.69, 9.17) is 0 Å². The SMILES string of the molecule is Cc1c(-c2c3ccc(C(C)(C)C(F)(F)F)cc3cc[n+]2C)ccc2ccccc12. The van der Waals surface area contributed by atoms with Crippen molar-refractivity contribution in [3.63, 3.8) is 0 Å². The number of aromatic nitrogens is 1. The van der Waals surface area contributed by atoms with Gasteiger partial charge in [0.05, 0.1) is 16.4 Å². The molecular formula is C25H23F3N+. The molecule has 0 fully saturated rings. The summed E-state index contributed by atoms with van der Waals surface area (Å²) in [5.41, 5.74) is 1.61. The molecular weight excluding hydrogens is 371 g/mol. The lowest BCUT2D eigenvalue weighted by molar-refractivity contribution is -0.659. The van der Waals surface area contributed by atoms with Crippen LogP contribution in [-0.4, -0.2) is 6.18 Å². The third kappa shape index (κ3) is 3.07. The van der Waals surface area contributed by atoms with E-state index in [2.05, 4.69) is 31.2 Å². The number of benzene rings is 3. The molecule has 1 aromatic heterocycles. The first-order valence-corrected chi connectivity index (χ1v) is 9.59. The molecule has 0 amide bonds. The van der Waals surface area contributed by atoms with Crippen LogP contribution < -0.4 is 4.57 Å². The quantitative estimate of drug-likeness (QED) is 0.336. The minimum absolute atomic E-state index is 0.271. The van der Waals surface area contributed by atoms with Crippen LogP contribution in [0.5, 0.6) is 0 Å². The van der Waals surface area contributed by atoms with Crippen molar-refractivity contribution in [2.75, 3.05) is 0 Å². The highest BCUT2D eigenvalue weighted by molar-refractivity contribution is 5.98. The number of hydrogen-bond donors (Lipinski definition) is 0. The summed E-state index contributed by atoms with van der Waals surface area (Å²) in [5.74, 6) is 0. The Kier molecular flexibility index (Phi) is 4.41. The number of alkyl halides is 3. The summed E-state index contributed by atoms with van der Waals surface area (Å²) in [5, 5.41) is 4.10. The predicted molar refractivity (Wildman–Crippen MR) is 112 cm³/mol. The van der Waals surface area contributed by atoms with Crippen molar-refractivity contribution in [2.45, 2.75) is 32.4 Å². The maximum Gasteiger partial charge on any atom is 0.397 e. The zero-order chi connectivity index (χ0) is 21.0. The molecule has 0 atom stereocenters. The van der Waals surface area contributed by atoms with E-state index in [0.29, 0.717) is 0 Å². The largest absolute Gasteiger partial charge is 0.397 e. The van der Waals surface area contributed by atoms with Gasteiger partial charge in [-0.1, -0.05) is 36.4 Å². The van der Waals surface area contributed by atoms with E-state index in [1.54, 1.807) is 12.1 Å². The van der Waals surface area contributed by atoms with E-state index in [9.17, 15) is 13.2 Å². The monoisotopic (exact) mass is 394 g/mol. The Morgan fingerprint density at radius 1 is 0.793 bits per heavy atom. The molecule has 3 aromatic carbocycles. The minimum atomic E-state index is -4.31. The van der Waals surface area contributed by atoms with Gasteiger partial charge in [0.1, 0.15) is 7.05 Å². The van der Waals surface area contributed by atoms with Crippen LogP contribution >= 0.6 is 0 Å². The van der Waals surface area contributed by atoms with Gasteiger partial charge in [-0.15, -0.1) is 0 Å². The van der Waals surface area contributed by atoms with Crippen molar-refractivity contribution >= 4 is 21.5 Å². The van der Waals surface area contributed by atoms with Crippen molar-refractivity contribution < 1.29 is 17.7 Å². The van der Waals surface area contributed by atoms with Gasteiger partial charge in [-0.3, -0.25) is 0 Å². The zero-order valence-electron chi connectivity index (χ0n) is 16.9. The Bertz CT molecular complexity index is 1240. The highest BCUT2D eigenvalue weighted by Gasteiger charge is 2.48. The lowest BCUT2D eigenvalue weighted by Crippen LogP contribution is -2.36. The molecule has 0 aliphatic carbocycles. The molecule has 4 heteroatoms. The van der Waals surface area contributed by atoms with Gasteiger partial charge < -0.3 is 0 Å². The third-order valence-corrected chi connectivity index (χ3v) is 6.02. The van der Waals surface area contributed by atoms with E-state index < -0.39 is 11.6 Å². The summed E-state index contributed by atoms with van der Waals surface area (Å²) in [6, 6.07) is 19.4. The first kappa shape index (κ1) is 19.4. The number of rotatable bonds is 2. The van der Waals surface area contributed by atoms with Gasteiger partial charge in [0.2, 0.25) is 5.69 Å². The van der Waals surface area contributed by atoms with Crippen LogP contribution in [0.2, 0.25) is 0 Å². The standard InChI is InChI=1S/C25H23F3N/c1-16-20-8-6-5-7-17(20)9-11-21(16)23-22-12-10-19(24(2,3)25(26,27)28)15-18(22)13-14-29(23)4/h5-15H,1-4H3/q+1. The van der Waals surface area contributed by atoms with Crippen LogP contribution in [0.4, 0.5) is 13.2 Å². The molecule has 29 heavy (non-hydrogen) atoms. The van der Waals surface area contributed by atoms with E-state index in [-0.39, 0.29) is 5.56 Å². The summed E-state index contributed by atoms with van der Waals surface area (Å²) in [6.07, 6.45) is -2.39. The van der Waals surface area contributed by atoms with Crippen LogP contribution in [0.1, 0.15) is 25.0 Å². The van der Waals surface area contributed by atoms with Gasteiger partial charge in [-0.2, -0.15) is 13.2 Å². The van der Waals surface area contributed by atoms with Gasteiger partial charge in [0, 0.05) is 6.07 Å². The van der Waals surface area contributed by atoms with Crippen LogP contribution in [0, 0.1) is 6.92 Å². The third-order valence-electron chi connectivity index (χ3n) is 6.02. The molecule has 4 aromatic rings. The number of nitrogens with zero attached hydrogens (tertiary/aromatic N) is 1. The summed E-state index contributed by atoms with van der Waals surface area (Å²) < 4.78 is 42.6. The summed E-state index contributed by atoms with van der Waals surface area (Å²) >= 11 is 0. The van der Waals surface area contributed by atoms with Gasteiger partial charge >= 0.3 is 6.18 Å². The first-order chi connectivity index (χ1) is 13.6. The lowest BCUT2D eigenvalue weighted by Gasteiger charge is -2.28. The highest BCUT2D eigenvalue weighted by atomic mass is 19.4. The predicted octanol–water partition coefficient (Wildman–Crippen LogP) is 6.63. The van der Waals surface area contributed by atoms with Crippen molar-refractivity contribution in [1.29, 1.82) is 0 Å². The Labute approximate surface area is 168 Å². The second-order valence-electron chi connectivity index (χ2n) is 8.16.